The number of amides is 1. The van der Waals surface area contributed by atoms with Crippen molar-refractivity contribution in [1.29, 1.82) is 0 Å². The third-order valence-corrected chi connectivity index (χ3v) is 5.72. The van der Waals surface area contributed by atoms with Gasteiger partial charge in [-0.25, -0.2) is 0 Å². The van der Waals surface area contributed by atoms with Crippen LogP contribution in [0.15, 0.2) is 18.2 Å². The molecule has 3 aliphatic rings. The fourth-order valence-electron chi connectivity index (χ4n) is 4.46. The normalized spacial score (nSPS) is 31.7. The highest BCUT2D eigenvalue weighted by Crippen LogP contribution is 2.42. The Bertz CT molecular complexity index is 590. The van der Waals surface area contributed by atoms with E-state index in [2.05, 4.69) is 5.32 Å². The van der Waals surface area contributed by atoms with Crippen LogP contribution in [0.1, 0.15) is 37.7 Å². The largest absolute Gasteiger partial charge is 0.454 e. The minimum atomic E-state index is 0.110. The van der Waals surface area contributed by atoms with Gasteiger partial charge in [-0.3, -0.25) is 4.79 Å². The summed E-state index contributed by atoms with van der Waals surface area (Å²) < 4.78 is 10.9. The number of hydrogen-bond donors (Lipinski definition) is 2. The average molecular weight is 316 g/mol. The van der Waals surface area contributed by atoms with Crippen molar-refractivity contribution >= 4 is 5.91 Å². The zero-order valence-electron chi connectivity index (χ0n) is 13.3. The van der Waals surface area contributed by atoms with E-state index in [1.165, 1.54) is 19.3 Å². The number of nitrogens with two attached hydrogens (primary N) is 1. The molecule has 3 N–H and O–H groups in total. The Morgan fingerprint density at radius 1 is 1.22 bits per heavy atom. The lowest BCUT2D eigenvalue weighted by molar-refractivity contribution is -0.128. The van der Waals surface area contributed by atoms with Crippen LogP contribution in [0.25, 0.3) is 0 Å². The molecule has 2 saturated carbocycles. The number of nitrogens with one attached hydrogen (secondary N) is 1. The van der Waals surface area contributed by atoms with Gasteiger partial charge in [0.05, 0.1) is 0 Å². The van der Waals surface area contributed by atoms with Gasteiger partial charge in [-0.15, -0.1) is 0 Å². The molecule has 124 valence electrons. The summed E-state index contributed by atoms with van der Waals surface area (Å²) in [6, 6.07) is 6.09. The molecule has 1 aliphatic heterocycles. The van der Waals surface area contributed by atoms with Crippen LogP contribution in [0.5, 0.6) is 11.5 Å². The maximum absolute atomic E-state index is 12.6. The van der Waals surface area contributed by atoms with Crippen molar-refractivity contribution < 1.29 is 14.3 Å². The van der Waals surface area contributed by atoms with E-state index >= 15 is 0 Å². The van der Waals surface area contributed by atoms with Crippen molar-refractivity contribution in [2.24, 2.45) is 23.5 Å². The Balaban J connectivity index is 1.38. The molecule has 1 heterocycles. The highest BCUT2D eigenvalue weighted by atomic mass is 16.7. The Kier molecular flexibility index (Phi) is 3.89. The zero-order valence-corrected chi connectivity index (χ0v) is 13.3. The maximum Gasteiger partial charge on any atom is 0.231 e. The van der Waals surface area contributed by atoms with Crippen molar-refractivity contribution in [2.75, 3.05) is 6.79 Å². The molecule has 0 aromatic heterocycles. The minimum Gasteiger partial charge on any atom is -0.454 e. The molecule has 2 bridgehead atoms. The first-order valence-corrected chi connectivity index (χ1v) is 8.63. The molecule has 2 atom stereocenters. The second kappa shape index (κ2) is 6.04. The standard InChI is InChI=1S/C18H24N2O3/c19-16-11-3-1-4-12(16)8-14(7-11)18(21)20-9-13-5-2-6-15-17(13)23-10-22-15/h2,5-6,11-12,14,16H,1,3-4,7-10,19H2,(H,20,21). The molecule has 2 fully saturated rings. The summed E-state index contributed by atoms with van der Waals surface area (Å²) in [4.78, 5) is 12.6. The van der Waals surface area contributed by atoms with Gasteiger partial charge in [-0.2, -0.15) is 0 Å². The number of rotatable bonds is 3. The summed E-state index contributed by atoms with van der Waals surface area (Å²) in [5.41, 5.74) is 7.28. The molecule has 2 unspecified atom stereocenters. The van der Waals surface area contributed by atoms with Crippen molar-refractivity contribution in [3.05, 3.63) is 23.8 Å². The van der Waals surface area contributed by atoms with Crippen LogP contribution in [-0.2, 0) is 11.3 Å². The first-order valence-electron chi connectivity index (χ1n) is 8.63. The first-order chi connectivity index (χ1) is 11.2. The summed E-state index contributed by atoms with van der Waals surface area (Å²) >= 11 is 0. The summed E-state index contributed by atoms with van der Waals surface area (Å²) in [5.74, 6) is 2.83. The lowest BCUT2D eigenvalue weighted by Crippen LogP contribution is -2.49. The molecule has 5 nitrogen and oxygen atoms in total. The van der Waals surface area contributed by atoms with Crippen LogP contribution in [0, 0.1) is 17.8 Å². The van der Waals surface area contributed by atoms with Gasteiger partial charge in [0.2, 0.25) is 12.7 Å². The molecular formula is C18H24N2O3. The number of carbonyl (C=O) groups is 1. The predicted molar refractivity (Wildman–Crippen MR) is 85.9 cm³/mol. The van der Waals surface area contributed by atoms with E-state index in [1.807, 2.05) is 18.2 Å². The van der Waals surface area contributed by atoms with Crippen LogP contribution >= 0.6 is 0 Å². The lowest BCUT2D eigenvalue weighted by Gasteiger charge is -2.43. The Morgan fingerprint density at radius 3 is 2.78 bits per heavy atom. The number of carbonyl (C=O) groups excluding carboxylic acids is 1. The van der Waals surface area contributed by atoms with Crippen molar-refractivity contribution in [2.45, 2.75) is 44.7 Å². The summed E-state index contributed by atoms with van der Waals surface area (Å²) in [6.07, 6.45) is 5.51. The van der Waals surface area contributed by atoms with Gasteiger partial charge in [0.15, 0.2) is 11.5 Å². The highest BCUT2D eigenvalue weighted by Gasteiger charge is 2.40. The SMILES string of the molecule is NC1C2CCCC1CC(C(=O)NCc1cccc3c1OCO3)C2. The number of hydrogen-bond acceptors (Lipinski definition) is 4. The molecule has 0 spiro atoms. The number of fused-ring (bicyclic) bond motifs is 3. The molecule has 4 rings (SSSR count). The molecule has 1 aromatic carbocycles. The van der Waals surface area contributed by atoms with Gasteiger partial charge in [0, 0.05) is 24.1 Å². The van der Waals surface area contributed by atoms with Gasteiger partial charge in [-0.1, -0.05) is 18.6 Å². The second-order valence-corrected chi connectivity index (χ2v) is 7.07. The van der Waals surface area contributed by atoms with E-state index in [4.69, 9.17) is 15.2 Å². The lowest BCUT2D eigenvalue weighted by atomic mass is 9.65. The monoisotopic (exact) mass is 316 g/mol. The van der Waals surface area contributed by atoms with Gasteiger partial charge < -0.3 is 20.5 Å². The van der Waals surface area contributed by atoms with Crippen LogP contribution in [0.3, 0.4) is 0 Å². The van der Waals surface area contributed by atoms with Crippen molar-refractivity contribution in [3.63, 3.8) is 0 Å². The topological polar surface area (TPSA) is 73.6 Å². The van der Waals surface area contributed by atoms with E-state index in [9.17, 15) is 4.79 Å². The first kappa shape index (κ1) is 14.8. The minimum absolute atomic E-state index is 0.110. The van der Waals surface area contributed by atoms with Crippen molar-refractivity contribution in [3.8, 4) is 11.5 Å². The van der Waals surface area contributed by atoms with E-state index in [1.54, 1.807) is 0 Å². The summed E-state index contributed by atoms with van der Waals surface area (Å²) in [5, 5.41) is 3.09. The predicted octanol–water partition coefficient (Wildman–Crippen LogP) is 2.19. The molecule has 1 aromatic rings. The number of para-hydroxylation sites is 1. The summed E-state index contributed by atoms with van der Waals surface area (Å²) in [7, 11) is 0. The second-order valence-electron chi connectivity index (χ2n) is 7.07. The number of ether oxygens (including phenoxy) is 2. The zero-order chi connectivity index (χ0) is 15.8. The third kappa shape index (κ3) is 2.78. The van der Waals surface area contributed by atoms with Crippen LogP contribution in [0.4, 0.5) is 0 Å². The van der Waals surface area contributed by atoms with E-state index in [-0.39, 0.29) is 18.6 Å². The van der Waals surface area contributed by atoms with Gasteiger partial charge in [-0.05, 0) is 43.6 Å². The molecule has 0 radical (unpaired) electrons. The quantitative estimate of drug-likeness (QED) is 0.896. The van der Waals surface area contributed by atoms with Crippen LogP contribution in [0.2, 0.25) is 0 Å². The van der Waals surface area contributed by atoms with E-state index < -0.39 is 0 Å². The van der Waals surface area contributed by atoms with Gasteiger partial charge in [0.1, 0.15) is 0 Å². The molecule has 1 amide bonds. The smallest absolute Gasteiger partial charge is 0.231 e. The Morgan fingerprint density at radius 2 is 2.00 bits per heavy atom. The fraction of sp³-hybridized carbons (Fsp3) is 0.611. The third-order valence-electron chi connectivity index (χ3n) is 5.72. The van der Waals surface area contributed by atoms with Crippen LogP contribution < -0.4 is 20.5 Å². The fourth-order valence-corrected chi connectivity index (χ4v) is 4.46. The van der Waals surface area contributed by atoms with E-state index in [0.29, 0.717) is 24.4 Å². The summed E-state index contributed by atoms with van der Waals surface area (Å²) in [6.45, 7) is 0.743. The molecule has 2 aliphatic carbocycles. The average Bonchev–Trinajstić information content (AvgIpc) is 3.01. The van der Waals surface area contributed by atoms with Gasteiger partial charge >= 0.3 is 0 Å². The highest BCUT2D eigenvalue weighted by molar-refractivity contribution is 5.79. The molecule has 0 saturated heterocycles. The Hall–Kier alpha value is -1.75. The van der Waals surface area contributed by atoms with E-state index in [0.717, 1.165) is 29.9 Å². The maximum atomic E-state index is 12.6. The van der Waals surface area contributed by atoms with Crippen molar-refractivity contribution in [1.82, 2.24) is 5.32 Å². The Labute approximate surface area is 136 Å². The number of benzene rings is 1. The molecule has 23 heavy (non-hydrogen) atoms. The molecule has 5 heteroatoms. The van der Waals surface area contributed by atoms with Gasteiger partial charge in [0.25, 0.3) is 0 Å². The van der Waals surface area contributed by atoms with Crippen LogP contribution in [-0.4, -0.2) is 18.7 Å². The molecular weight excluding hydrogens is 292 g/mol.